The van der Waals surface area contributed by atoms with Crippen molar-refractivity contribution in [1.29, 1.82) is 0 Å². The van der Waals surface area contributed by atoms with Gasteiger partial charge in [-0.15, -0.1) is 11.8 Å². The van der Waals surface area contributed by atoms with Crippen molar-refractivity contribution < 1.29 is 17.9 Å². The van der Waals surface area contributed by atoms with Crippen LogP contribution in [-0.4, -0.2) is 23.7 Å². The maximum Gasteiger partial charge on any atom is 0.210 e. The van der Waals surface area contributed by atoms with Gasteiger partial charge in [0.05, 0.1) is 27.5 Å². The maximum absolute atomic E-state index is 14.1. The number of nitrogens with one attached hydrogen (secondary N) is 1. The van der Waals surface area contributed by atoms with Crippen molar-refractivity contribution in [3.05, 3.63) is 28.4 Å². The van der Waals surface area contributed by atoms with E-state index in [0.717, 1.165) is 0 Å². The molecule has 0 spiro atoms. The Labute approximate surface area is 128 Å². The SMILES string of the molecule is CCOP(C)(=O)CSc1c[nH]c2cc(F)c(Br)c(F)c12. The molecule has 0 saturated carbocycles. The van der Waals surface area contributed by atoms with Gasteiger partial charge in [0.2, 0.25) is 7.37 Å². The third kappa shape index (κ3) is 3.27. The van der Waals surface area contributed by atoms with Gasteiger partial charge in [-0.05, 0) is 28.9 Å². The van der Waals surface area contributed by atoms with Gasteiger partial charge in [-0.2, -0.15) is 0 Å². The van der Waals surface area contributed by atoms with Crippen LogP contribution in [0.15, 0.2) is 21.6 Å². The van der Waals surface area contributed by atoms with Crippen LogP contribution in [-0.2, 0) is 9.09 Å². The van der Waals surface area contributed by atoms with E-state index >= 15 is 0 Å². The van der Waals surface area contributed by atoms with E-state index in [2.05, 4.69) is 20.9 Å². The van der Waals surface area contributed by atoms with Gasteiger partial charge < -0.3 is 9.51 Å². The number of rotatable bonds is 5. The summed E-state index contributed by atoms with van der Waals surface area (Å²) in [6, 6.07) is 1.22. The monoisotopic (exact) mass is 383 g/mol. The average Bonchev–Trinajstić information content (AvgIpc) is 2.77. The van der Waals surface area contributed by atoms with Crippen LogP contribution in [0, 0.1) is 11.6 Å². The zero-order valence-corrected chi connectivity index (χ0v) is 14.2. The highest BCUT2D eigenvalue weighted by Crippen LogP contribution is 2.48. The van der Waals surface area contributed by atoms with Gasteiger partial charge in [0.15, 0.2) is 5.82 Å². The molecule has 110 valence electrons. The summed E-state index contributed by atoms with van der Waals surface area (Å²) in [6.07, 6.45) is 1.58. The second-order valence-corrected chi connectivity index (χ2v) is 9.11. The predicted octanol–water partition coefficient (Wildman–Crippen LogP) is 5.20. The van der Waals surface area contributed by atoms with Gasteiger partial charge >= 0.3 is 0 Å². The van der Waals surface area contributed by atoms with E-state index in [0.29, 0.717) is 22.4 Å². The lowest BCUT2D eigenvalue weighted by atomic mass is 10.2. The Kier molecular flexibility index (Phi) is 4.95. The first-order chi connectivity index (χ1) is 9.35. The Morgan fingerprint density at radius 3 is 2.85 bits per heavy atom. The molecule has 0 bridgehead atoms. The lowest BCUT2D eigenvalue weighted by Crippen LogP contribution is -1.91. The highest BCUT2D eigenvalue weighted by Gasteiger charge is 2.20. The van der Waals surface area contributed by atoms with E-state index in [1.165, 1.54) is 17.8 Å². The molecule has 3 nitrogen and oxygen atoms in total. The molecule has 1 N–H and O–H groups in total. The quantitative estimate of drug-likeness (QED) is 0.438. The molecule has 1 aromatic carbocycles. The van der Waals surface area contributed by atoms with Crippen molar-refractivity contribution in [3.63, 3.8) is 0 Å². The minimum absolute atomic E-state index is 0.198. The summed E-state index contributed by atoms with van der Waals surface area (Å²) in [5.41, 5.74) is 0.607. The normalized spacial score (nSPS) is 14.7. The fourth-order valence-electron chi connectivity index (χ4n) is 1.78. The second-order valence-electron chi connectivity index (χ2n) is 4.27. The molecule has 1 heterocycles. The molecule has 2 aromatic rings. The Bertz CT molecular complexity index is 692. The fraction of sp³-hybridized carbons (Fsp3) is 0.333. The lowest BCUT2D eigenvalue weighted by Gasteiger charge is -2.11. The molecule has 2 rings (SSSR count). The zero-order chi connectivity index (χ0) is 14.9. The number of halogens is 3. The Morgan fingerprint density at radius 1 is 1.50 bits per heavy atom. The molecule has 0 aliphatic heterocycles. The summed E-state index contributed by atoms with van der Waals surface area (Å²) in [5, 5.41) is 0.291. The number of H-pyrrole nitrogens is 1. The number of fused-ring (bicyclic) bond motifs is 1. The number of hydrogen-bond donors (Lipinski definition) is 1. The van der Waals surface area contributed by atoms with E-state index in [1.54, 1.807) is 19.8 Å². The number of benzene rings is 1. The molecule has 0 radical (unpaired) electrons. The highest BCUT2D eigenvalue weighted by molar-refractivity contribution is 9.10. The molecule has 0 aliphatic carbocycles. The second kappa shape index (κ2) is 6.18. The largest absolute Gasteiger partial charge is 0.360 e. The molecule has 8 heteroatoms. The van der Waals surface area contributed by atoms with Crippen LogP contribution in [0.5, 0.6) is 0 Å². The van der Waals surface area contributed by atoms with E-state index in [9.17, 15) is 13.3 Å². The first-order valence-electron chi connectivity index (χ1n) is 5.84. The Hall–Kier alpha value is -0.360. The van der Waals surface area contributed by atoms with E-state index in [1.807, 2.05) is 0 Å². The van der Waals surface area contributed by atoms with Gasteiger partial charge in [0.1, 0.15) is 5.82 Å². The van der Waals surface area contributed by atoms with Crippen LogP contribution in [0.2, 0.25) is 0 Å². The van der Waals surface area contributed by atoms with Crippen molar-refractivity contribution in [3.8, 4) is 0 Å². The van der Waals surface area contributed by atoms with Gasteiger partial charge in [0.25, 0.3) is 0 Å². The minimum Gasteiger partial charge on any atom is -0.360 e. The molecule has 1 atom stereocenters. The fourth-order valence-corrected chi connectivity index (χ4v) is 4.91. The van der Waals surface area contributed by atoms with Crippen LogP contribution in [0.1, 0.15) is 6.92 Å². The standard InChI is InChI=1S/C12H13BrF2NO2PS/c1-3-18-19(2,17)6-20-9-5-16-8-4-7(14)11(13)12(15)10(8)9/h4-5,16H,3,6H2,1-2H3. The third-order valence-corrected chi connectivity index (χ3v) is 7.18. The molecule has 0 amide bonds. The molecule has 0 aliphatic rings. The van der Waals surface area contributed by atoms with Crippen LogP contribution < -0.4 is 0 Å². The van der Waals surface area contributed by atoms with Crippen molar-refractivity contribution in [2.24, 2.45) is 0 Å². The van der Waals surface area contributed by atoms with Crippen molar-refractivity contribution >= 4 is 46.0 Å². The summed E-state index contributed by atoms with van der Waals surface area (Å²) in [6.45, 7) is 3.68. The Morgan fingerprint density at radius 2 is 2.20 bits per heavy atom. The van der Waals surface area contributed by atoms with Crippen molar-refractivity contribution in [2.75, 3.05) is 18.8 Å². The smallest absolute Gasteiger partial charge is 0.210 e. The highest BCUT2D eigenvalue weighted by atomic mass is 79.9. The topological polar surface area (TPSA) is 42.1 Å². The first-order valence-corrected chi connectivity index (χ1v) is 9.87. The van der Waals surface area contributed by atoms with E-state index < -0.39 is 19.0 Å². The van der Waals surface area contributed by atoms with Crippen molar-refractivity contribution in [2.45, 2.75) is 11.8 Å². The molecular formula is C12H13BrF2NO2PS. The third-order valence-electron chi connectivity index (χ3n) is 2.62. The van der Waals surface area contributed by atoms with E-state index in [-0.39, 0.29) is 9.97 Å². The van der Waals surface area contributed by atoms with Gasteiger partial charge in [-0.3, -0.25) is 4.57 Å². The minimum atomic E-state index is -2.71. The maximum atomic E-state index is 14.1. The summed E-state index contributed by atoms with van der Waals surface area (Å²) < 4.78 is 44.5. The van der Waals surface area contributed by atoms with Crippen molar-refractivity contribution in [1.82, 2.24) is 4.98 Å². The zero-order valence-electron chi connectivity index (χ0n) is 10.9. The van der Waals surface area contributed by atoms with Gasteiger partial charge in [-0.25, -0.2) is 8.78 Å². The summed E-state index contributed by atoms with van der Waals surface area (Å²) in [5.74, 6) is -1.32. The van der Waals surface area contributed by atoms with Crippen LogP contribution in [0.25, 0.3) is 10.9 Å². The molecule has 1 aromatic heterocycles. The lowest BCUT2D eigenvalue weighted by molar-refractivity contribution is 0.340. The summed E-state index contributed by atoms with van der Waals surface area (Å²) in [4.78, 5) is 3.40. The molecule has 0 fully saturated rings. The van der Waals surface area contributed by atoms with Gasteiger partial charge in [0, 0.05) is 17.8 Å². The molecule has 1 unspecified atom stereocenters. The molecular weight excluding hydrogens is 371 g/mol. The average molecular weight is 384 g/mol. The number of hydrogen-bond acceptors (Lipinski definition) is 3. The van der Waals surface area contributed by atoms with Crippen LogP contribution in [0.4, 0.5) is 8.78 Å². The summed E-state index contributed by atoms with van der Waals surface area (Å²) >= 11 is 4.11. The summed E-state index contributed by atoms with van der Waals surface area (Å²) in [7, 11) is -2.71. The number of aromatic amines is 1. The van der Waals surface area contributed by atoms with Crippen LogP contribution >= 0.6 is 35.1 Å². The first kappa shape index (κ1) is 16.0. The number of thioether (sulfide) groups is 1. The molecule has 20 heavy (non-hydrogen) atoms. The van der Waals surface area contributed by atoms with Crippen LogP contribution in [0.3, 0.4) is 0 Å². The molecule has 0 saturated heterocycles. The number of aromatic nitrogens is 1. The Balaban J connectivity index is 2.32. The van der Waals surface area contributed by atoms with Gasteiger partial charge in [-0.1, -0.05) is 0 Å². The predicted molar refractivity (Wildman–Crippen MR) is 81.8 cm³/mol. The van der Waals surface area contributed by atoms with E-state index in [4.69, 9.17) is 4.52 Å².